The summed E-state index contributed by atoms with van der Waals surface area (Å²) in [6, 6.07) is 3.51. The smallest absolute Gasteiger partial charge is 0.200 e. The summed E-state index contributed by atoms with van der Waals surface area (Å²) in [6.07, 6.45) is 0.163. The molecule has 1 heterocycles. The first-order valence-electron chi connectivity index (χ1n) is 8.54. The molecule has 0 unspecified atom stereocenters. The minimum absolute atomic E-state index is 0.0318. The Bertz CT molecular complexity index is 1220. The van der Waals surface area contributed by atoms with Crippen molar-refractivity contribution in [2.24, 2.45) is 0 Å². The van der Waals surface area contributed by atoms with E-state index in [0.29, 0.717) is 11.1 Å². The van der Waals surface area contributed by atoms with Crippen LogP contribution in [0.15, 0.2) is 39.6 Å². The van der Waals surface area contributed by atoms with Gasteiger partial charge in [-0.25, -0.2) is 0 Å². The second kappa shape index (κ2) is 5.95. The van der Waals surface area contributed by atoms with Crippen LogP contribution in [0.2, 0.25) is 0 Å². The molecule has 1 aliphatic carbocycles. The van der Waals surface area contributed by atoms with Crippen molar-refractivity contribution < 1.29 is 29.6 Å². The second-order valence-corrected chi connectivity index (χ2v) is 6.92. The maximum Gasteiger partial charge on any atom is 0.200 e. The van der Waals surface area contributed by atoms with Gasteiger partial charge in [0.15, 0.2) is 16.9 Å². The van der Waals surface area contributed by atoms with Gasteiger partial charge < -0.3 is 29.6 Å². The Morgan fingerprint density at radius 3 is 2.54 bits per heavy atom. The number of hydrogen-bond acceptors (Lipinski definition) is 7. The maximum atomic E-state index is 13.1. The van der Waals surface area contributed by atoms with E-state index in [-0.39, 0.29) is 57.3 Å². The predicted molar refractivity (Wildman–Crippen MR) is 102 cm³/mol. The van der Waals surface area contributed by atoms with Gasteiger partial charge in [0.1, 0.15) is 34.0 Å². The molecule has 0 aliphatic heterocycles. The Hall–Kier alpha value is -3.61. The van der Waals surface area contributed by atoms with Crippen LogP contribution in [0, 0.1) is 0 Å². The molecule has 7 nitrogen and oxygen atoms in total. The molecule has 4 N–H and O–H groups in total. The summed E-state index contributed by atoms with van der Waals surface area (Å²) in [5, 5.41) is 41.1. The third-order valence-corrected chi connectivity index (χ3v) is 5.13. The van der Waals surface area contributed by atoms with Crippen LogP contribution in [0.5, 0.6) is 28.7 Å². The molecule has 144 valence electrons. The van der Waals surface area contributed by atoms with E-state index < -0.39 is 17.1 Å². The van der Waals surface area contributed by atoms with Gasteiger partial charge in [0.2, 0.25) is 0 Å². The largest absolute Gasteiger partial charge is 0.508 e. The molecule has 3 aromatic rings. The molecule has 0 radical (unpaired) electrons. The zero-order chi connectivity index (χ0) is 20.3. The minimum atomic E-state index is -0.472. The van der Waals surface area contributed by atoms with Gasteiger partial charge in [-0.1, -0.05) is 12.2 Å². The van der Waals surface area contributed by atoms with Crippen LogP contribution < -0.4 is 10.2 Å². The third-order valence-electron chi connectivity index (χ3n) is 5.13. The second-order valence-electron chi connectivity index (χ2n) is 6.92. The minimum Gasteiger partial charge on any atom is -0.508 e. The van der Waals surface area contributed by atoms with E-state index in [2.05, 4.69) is 6.58 Å². The number of methoxy groups -OCH3 is 1. The zero-order valence-corrected chi connectivity index (χ0v) is 15.2. The van der Waals surface area contributed by atoms with E-state index >= 15 is 0 Å². The molecule has 0 fully saturated rings. The van der Waals surface area contributed by atoms with Gasteiger partial charge in [-0.05, 0) is 13.3 Å². The van der Waals surface area contributed by atoms with Gasteiger partial charge in [-0.15, -0.1) is 0 Å². The van der Waals surface area contributed by atoms with E-state index in [4.69, 9.17) is 9.15 Å². The van der Waals surface area contributed by atoms with E-state index in [1.807, 2.05) is 0 Å². The molecule has 0 amide bonds. The molecule has 2 aromatic carbocycles. The van der Waals surface area contributed by atoms with Crippen molar-refractivity contribution in [1.82, 2.24) is 0 Å². The molecule has 1 aliphatic rings. The molecule has 0 spiro atoms. The number of fused-ring (bicyclic) bond motifs is 4. The summed E-state index contributed by atoms with van der Waals surface area (Å²) in [7, 11) is 1.37. The number of aromatic hydroxyl groups is 4. The predicted octanol–water partition coefficient (Wildman–Crippen LogP) is 3.51. The Labute approximate surface area is 159 Å². The van der Waals surface area contributed by atoms with Gasteiger partial charge in [0.25, 0.3) is 0 Å². The van der Waals surface area contributed by atoms with E-state index in [9.17, 15) is 25.2 Å². The normalized spacial score (nSPS) is 15.1. The fraction of sp³-hybridized carbons (Fsp3) is 0.190. The molecule has 7 heteroatoms. The highest BCUT2D eigenvalue weighted by Crippen LogP contribution is 2.53. The SMILES string of the molecule is C=C(C)[C@H]1Cc2c(oc3cc(O)cc(O)c3c2=O)-c2c(O)cc(OC)c(O)c21. The van der Waals surface area contributed by atoms with E-state index in [0.717, 1.165) is 6.07 Å². The highest BCUT2D eigenvalue weighted by Gasteiger charge is 2.36. The van der Waals surface area contributed by atoms with Crippen LogP contribution in [0.3, 0.4) is 0 Å². The standard InChI is InChI=1S/C21H18O7/c1-8(2)10-6-11-19(25)17-12(23)4-9(22)5-14(17)28-21(11)18-13(24)7-15(27-3)20(26)16(10)18/h4-5,7,10,22-24,26H,1,6H2,2-3H3/t10-/m1/s1. The van der Waals surface area contributed by atoms with E-state index in [1.165, 1.54) is 19.2 Å². The third kappa shape index (κ3) is 2.32. The Morgan fingerprint density at radius 1 is 1.18 bits per heavy atom. The molecular weight excluding hydrogens is 364 g/mol. The summed E-state index contributed by atoms with van der Waals surface area (Å²) in [5.74, 6) is -1.38. The number of benzene rings is 2. The monoisotopic (exact) mass is 382 g/mol. The van der Waals surface area contributed by atoms with Crippen LogP contribution in [-0.2, 0) is 6.42 Å². The zero-order valence-electron chi connectivity index (χ0n) is 15.2. The van der Waals surface area contributed by atoms with Crippen molar-refractivity contribution in [3.63, 3.8) is 0 Å². The first kappa shape index (κ1) is 17.8. The molecule has 0 bridgehead atoms. The van der Waals surface area contributed by atoms with Crippen LogP contribution in [0.25, 0.3) is 22.3 Å². The average molecular weight is 382 g/mol. The Kier molecular flexibility index (Phi) is 3.78. The van der Waals surface area contributed by atoms with Gasteiger partial charge in [0.05, 0.1) is 12.7 Å². The fourth-order valence-electron chi connectivity index (χ4n) is 3.82. The number of allylic oxidation sites excluding steroid dienone is 1. The quantitative estimate of drug-likeness (QED) is 0.395. The first-order chi connectivity index (χ1) is 13.2. The summed E-state index contributed by atoms with van der Waals surface area (Å²) >= 11 is 0. The summed E-state index contributed by atoms with van der Waals surface area (Å²) in [5.41, 5.74) is 0.923. The molecule has 0 saturated heterocycles. The number of phenols is 4. The maximum absolute atomic E-state index is 13.1. The lowest BCUT2D eigenvalue weighted by Gasteiger charge is -2.29. The van der Waals surface area contributed by atoms with Crippen molar-refractivity contribution in [3.05, 3.63) is 51.7 Å². The van der Waals surface area contributed by atoms with Crippen LogP contribution >= 0.6 is 0 Å². The molecule has 28 heavy (non-hydrogen) atoms. The first-order valence-corrected chi connectivity index (χ1v) is 8.54. The lowest BCUT2D eigenvalue weighted by Crippen LogP contribution is -2.20. The fourth-order valence-corrected chi connectivity index (χ4v) is 3.82. The number of rotatable bonds is 2. The van der Waals surface area contributed by atoms with Crippen LogP contribution in [0.1, 0.15) is 24.0 Å². The number of hydrogen-bond donors (Lipinski definition) is 4. The number of phenolic OH excluding ortho intramolecular Hbond substituents is 4. The Balaban J connectivity index is 2.18. The van der Waals surface area contributed by atoms with Gasteiger partial charge in [-0.2, -0.15) is 0 Å². The lowest BCUT2D eigenvalue weighted by atomic mass is 9.77. The Morgan fingerprint density at radius 2 is 1.89 bits per heavy atom. The van der Waals surface area contributed by atoms with Crippen molar-refractivity contribution in [2.75, 3.05) is 7.11 Å². The van der Waals surface area contributed by atoms with Gasteiger partial charge in [0, 0.05) is 35.2 Å². The number of ether oxygens (including phenoxy) is 1. The molecule has 0 saturated carbocycles. The van der Waals surface area contributed by atoms with Crippen molar-refractivity contribution in [3.8, 4) is 40.1 Å². The molecule has 1 atom stereocenters. The van der Waals surface area contributed by atoms with Crippen LogP contribution in [-0.4, -0.2) is 27.5 Å². The topological polar surface area (TPSA) is 120 Å². The van der Waals surface area contributed by atoms with Gasteiger partial charge in [-0.3, -0.25) is 4.79 Å². The van der Waals surface area contributed by atoms with Crippen LogP contribution in [0.4, 0.5) is 0 Å². The summed E-state index contributed by atoms with van der Waals surface area (Å²) < 4.78 is 11.0. The van der Waals surface area contributed by atoms with Gasteiger partial charge >= 0.3 is 0 Å². The average Bonchev–Trinajstić information content (AvgIpc) is 2.62. The highest BCUT2D eigenvalue weighted by molar-refractivity contribution is 5.90. The molecular formula is C21H18O7. The lowest BCUT2D eigenvalue weighted by molar-refractivity contribution is 0.363. The van der Waals surface area contributed by atoms with Crippen molar-refractivity contribution in [1.29, 1.82) is 0 Å². The van der Waals surface area contributed by atoms with Crippen molar-refractivity contribution in [2.45, 2.75) is 19.3 Å². The molecule has 1 aromatic heterocycles. The molecule has 4 rings (SSSR count). The summed E-state index contributed by atoms with van der Waals surface area (Å²) in [6.45, 7) is 5.71. The van der Waals surface area contributed by atoms with E-state index in [1.54, 1.807) is 6.92 Å². The van der Waals surface area contributed by atoms with Crippen molar-refractivity contribution >= 4 is 11.0 Å². The highest BCUT2D eigenvalue weighted by atomic mass is 16.5. The summed E-state index contributed by atoms with van der Waals surface area (Å²) in [4.78, 5) is 13.1.